The van der Waals surface area contributed by atoms with E-state index in [1.165, 1.54) is 205 Å². The van der Waals surface area contributed by atoms with Gasteiger partial charge in [0, 0.05) is 25.7 Å². The van der Waals surface area contributed by atoms with Gasteiger partial charge in [-0.3, -0.25) is 37.3 Å². The summed E-state index contributed by atoms with van der Waals surface area (Å²) in [5.41, 5.74) is 0. The van der Waals surface area contributed by atoms with Crippen LogP contribution in [0.3, 0.4) is 0 Å². The topological polar surface area (TPSA) is 237 Å². The van der Waals surface area contributed by atoms with E-state index in [-0.39, 0.29) is 25.7 Å². The second-order valence-electron chi connectivity index (χ2n) is 27.2. The van der Waals surface area contributed by atoms with Crippen LogP contribution in [0.5, 0.6) is 0 Å². The zero-order valence-corrected chi connectivity index (χ0v) is 62.2. The van der Waals surface area contributed by atoms with E-state index >= 15 is 0 Å². The summed E-state index contributed by atoms with van der Waals surface area (Å²) in [6.07, 6.45) is 56.4. The van der Waals surface area contributed by atoms with Gasteiger partial charge < -0.3 is 33.8 Å². The standard InChI is InChI=1S/C74H144O17P2/c1-6-9-12-15-17-19-21-23-25-27-29-31-33-35-37-39-41-43-49-54-59-73(78)90-70(64-85-72(77)58-53-48-42-40-38-36-34-32-30-28-26-24-22-20-18-16-13-10-7-2)66-89-93(82,83)87-62-68(75)61-86-92(80,81)88-65-69(63-84-71(76)57-52-46-14-11-8-3)91-74(79)60-55-50-45-44-47-51-56-67(4)5/h67-70,75H,6-66H2,1-5H3,(H,80,81)(H,82,83)/t68-,69+,70+/m0/s1. The first-order valence-corrected chi connectivity index (χ1v) is 41.6. The van der Waals surface area contributed by atoms with E-state index in [4.69, 9.17) is 37.0 Å². The van der Waals surface area contributed by atoms with Crippen molar-refractivity contribution in [1.82, 2.24) is 0 Å². The lowest BCUT2D eigenvalue weighted by molar-refractivity contribution is -0.161. The monoisotopic (exact) mass is 1370 g/mol. The normalized spacial score (nSPS) is 14.0. The quantitative estimate of drug-likeness (QED) is 0.0222. The number of aliphatic hydroxyl groups is 1. The Balaban J connectivity index is 5.10. The van der Waals surface area contributed by atoms with Crippen LogP contribution in [0.25, 0.3) is 0 Å². The van der Waals surface area contributed by atoms with Crippen molar-refractivity contribution < 1.29 is 80.2 Å². The number of unbranched alkanes of at least 4 members (excludes halogenated alkanes) is 46. The molecule has 0 radical (unpaired) electrons. The Kier molecular flexibility index (Phi) is 65.9. The van der Waals surface area contributed by atoms with Gasteiger partial charge in [0.1, 0.15) is 19.3 Å². The SMILES string of the molecule is CCCCCCCCCCCCCCCCCCCCCCC(=O)O[C@H](COC(=O)CCCCCCCCCCCCCCCCCCCCC)COP(=O)(O)OC[C@@H](O)COP(=O)(O)OC[C@@H](COC(=O)CCCCCCC)OC(=O)CCCCCCCCC(C)C. The molecule has 0 aromatic heterocycles. The molecule has 0 aliphatic heterocycles. The number of phosphoric ester groups is 2. The highest BCUT2D eigenvalue weighted by atomic mass is 31.2. The first-order chi connectivity index (χ1) is 45.0. The first kappa shape index (κ1) is 91.1. The fourth-order valence-corrected chi connectivity index (χ4v) is 12.9. The average molecular weight is 1370 g/mol. The summed E-state index contributed by atoms with van der Waals surface area (Å²) < 4.78 is 68.1. The molecular formula is C74H144O17P2. The molecular weight excluding hydrogens is 1220 g/mol. The number of hydrogen-bond donors (Lipinski definition) is 3. The maximum absolute atomic E-state index is 13.1. The molecule has 0 heterocycles. The highest BCUT2D eigenvalue weighted by molar-refractivity contribution is 7.47. The zero-order chi connectivity index (χ0) is 68.4. The van der Waals surface area contributed by atoms with Crippen molar-refractivity contribution in [3.05, 3.63) is 0 Å². The Morgan fingerprint density at radius 3 is 0.731 bits per heavy atom. The predicted molar refractivity (Wildman–Crippen MR) is 377 cm³/mol. The number of hydrogen-bond acceptors (Lipinski definition) is 15. The van der Waals surface area contributed by atoms with Crippen molar-refractivity contribution in [3.8, 4) is 0 Å². The van der Waals surface area contributed by atoms with Gasteiger partial charge in [-0.1, -0.05) is 336 Å². The molecule has 0 aliphatic carbocycles. The molecule has 3 N–H and O–H groups in total. The van der Waals surface area contributed by atoms with E-state index in [9.17, 15) is 43.2 Å². The molecule has 0 aromatic rings. The molecule has 19 heteroatoms. The Bertz CT molecular complexity index is 1790. The number of esters is 4. The smallest absolute Gasteiger partial charge is 0.462 e. The zero-order valence-electron chi connectivity index (χ0n) is 60.4. The van der Waals surface area contributed by atoms with Gasteiger partial charge in [0.2, 0.25) is 0 Å². The van der Waals surface area contributed by atoms with E-state index in [0.717, 1.165) is 96.3 Å². The average Bonchev–Trinajstić information content (AvgIpc) is 3.27. The summed E-state index contributed by atoms with van der Waals surface area (Å²) in [6.45, 7) is 7.08. The highest BCUT2D eigenvalue weighted by Crippen LogP contribution is 2.45. The maximum Gasteiger partial charge on any atom is 0.472 e. The van der Waals surface area contributed by atoms with E-state index in [0.29, 0.717) is 31.6 Å². The van der Waals surface area contributed by atoms with Crippen LogP contribution in [0.4, 0.5) is 0 Å². The minimum Gasteiger partial charge on any atom is -0.462 e. The molecule has 552 valence electrons. The van der Waals surface area contributed by atoms with Gasteiger partial charge in [0.25, 0.3) is 0 Å². The number of rotatable bonds is 74. The van der Waals surface area contributed by atoms with Crippen LogP contribution in [0.15, 0.2) is 0 Å². The van der Waals surface area contributed by atoms with Gasteiger partial charge in [-0.15, -0.1) is 0 Å². The molecule has 17 nitrogen and oxygen atoms in total. The minimum absolute atomic E-state index is 0.102. The molecule has 0 saturated heterocycles. The molecule has 5 atom stereocenters. The molecule has 93 heavy (non-hydrogen) atoms. The Morgan fingerprint density at radius 2 is 0.495 bits per heavy atom. The highest BCUT2D eigenvalue weighted by Gasteiger charge is 2.30. The van der Waals surface area contributed by atoms with Crippen LogP contribution >= 0.6 is 15.6 Å². The van der Waals surface area contributed by atoms with Gasteiger partial charge in [-0.05, 0) is 31.6 Å². The van der Waals surface area contributed by atoms with Gasteiger partial charge in [0.15, 0.2) is 12.2 Å². The summed E-state index contributed by atoms with van der Waals surface area (Å²) in [4.78, 5) is 72.3. The lowest BCUT2D eigenvalue weighted by Crippen LogP contribution is -2.30. The summed E-state index contributed by atoms with van der Waals surface area (Å²) in [7, 11) is -9.89. The fraction of sp³-hybridized carbons (Fsp3) is 0.946. The lowest BCUT2D eigenvalue weighted by atomic mass is 10.0. The molecule has 0 rings (SSSR count). The number of carbonyl (C=O) groups excluding carboxylic acids is 4. The van der Waals surface area contributed by atoms with Crippen LogP contribution < -0.4 is 0 Å². The summed E-state index contributed by atoms with van der Waals surface area (Å²) in [5.74, 6) is -1.46. The van der Waals surface area contributed by atoms with Crippen molar-refractivity contribution in [1.29, 1.82) is 0 Å². The third-order valence-electron chi connectivity index (χ3n) is 17.3. The second kappa shape index (κ2) is 67.3. The van der Waals surface area contributed by atoms with E-state index in [2.05, 4.69) is 34.6 Å². The van der Waals surface area contributed by atoms with Crippen LogP contribution in [0.2, 0.25) is 0 Å². The molecule has 0 bridgehead atoms. The largest absolute Gasteiger partial charge is 0.472 e. The molecule has 0 saturated carbocycles. The number of phosphoric acid groups is 2. The number of aliphatic hydroxyl groups excluding tert-OH is 1. The first-order valence-electron chi connectivity index (χ1n) is 38.6. The van der Waals surface area contributed by atoms with Crippen LogP contribution in [-0.2, 0) is 65.4 Å². The van der Waals surface area contributed by atoms with Crippen molar-refractivity contribution in [3.63, 3.8) is 0 Å². The third-order valence-corrected chi connectivity index (χ3v) is 19.2. The van der Waals surface area contributed by atoms with E-state index in [1.54, 1.807) is 0 Å². The van der Waals surface area contributed by atoms with Gasteiger partial charge in [-0.25, -0.2) is 9.13 Å². The molecule has 0 amide bonds. The minimum atomic E-state index is -4.95. The maximum atomic E-state index is 13.1. The Morgan fingerprint density at radius 1 is 0.290 bits per heavy atom. The third kappa shape index (κ3) is 68.4. The van der Waals surface area contributed by atoms with Crippen LogP contribution in [-0.4, -0.2) is 96.7 Å². The summed E-state index contributed by atoms with van der Waals surface area (Å²) in [5, 5.41) is 10.6. The van der Waals surface area contributed by atoms with Gasteiger partial charge >= 0.3 is 39.5 Å². The molecule has 2 unspecified atom stereocenters. The number of carbonyl (C=O) groups is 4. The molecule has 0 aromatic carbocycles. The molecule has 0 fully saturated rings. The van der Waals surface area contributed by atoms with Crippen molar-refractivity contribution in [2.24, 2.45) is 5.92 Å². The van der Waals surface area contributed by atoms with E-state index < -0.39 is 97.5 Å². The summed E-state index contributed by atoms with van der Waals surface area (Å²) in [6, 6.07) is 0. The van der Waals surface area contributed by atoms with Crippen LogP contribution in [0.1, 0.15) is 388 Å². The van der Waals surface area contributed by atoms with Gasteiger partial charge in [-0.2, -0.15) is 0 Å². The van der Waals surface area contributed by atoms with Crippen molar-refractivity contribution in [2.75, 3.05) is 39.6 Å². The van der Waals surface area contributed by atoms with Crippen molar-refractivity contribution in [2.45, 2.75) is 406 Å². The lowest BCUT2D eigenvalue weighted by Gasteiger charge is -2.21. The van der Waals surface area contributed by atoms with E-state index in [1.807, 2.05) is 0 Å². The molecule has 0 aliphatic rings. The van der Waals surface area contributed by atoms with Gasteiger partial charge in [0.05, 0.1) is 26.4 Å². The number of ether oxygens (including phenoxy) is 4. The molecule has 0 spiro atoms. The summed E-state index contributed by atoms with van der Waals surface area (Å²) >= 11 is 0. The Hall–Kier alpha value is -1.94. The van der Waals surface area contributed by atoms with Crippen molar-refractivity contribution >= 4 is 39.5 Å². The fourth-order valence-electron chi connectivity index (χ4n) is 11.4. The van der Waals surface area contributed by atoms with Crippen LogP contribution in [0, 0.1) is 5.92 Å². The Labute approximate surface area is 568 Å². The predicted octanol–water partition coefficient (Wildman–Crippen LogP) is 21.7. The second-order valence-corrected chi connectivity index (χ2v) is 30.1.